The Balaban J connectivity index is 5.40. The first kappa shape index (κ1) is 15.9. The first-order valence-corrected chi connectivity index (χ1v) is 8.72. The molecular weight excluding hydrogens is 236 g/mol. The zero-order valence-corrected chi connectivity index (χ0v) is 12.0. The first-order valence-electron chi connectivity index (χ1n) is 6.02. The summed E-state index contributed by atoms with van der Waals surface area (Å²) in [6.07, 6.45) is 0.857. The van der Waals surface area contributed by atoms with Crippen LogP contribution in [0.4, 0.5) is 0 Å². The van der Waals surface area contributed by atoms with E-state index in [0.29, 0.717) is 0 Å². The molecule has 17 heavy (non-hydrogen) atoms. The van der Waals surface area contributed by atoms with Gasteiger partial charge in [-0.3, -0.25) is 0 Å². The lowest BCUT2D eigenvalue weighted by molar-refractivity contribution is -0.135. The van der Waals surface area contributed by atoms with Crippen LogP contribution >= 0.6 is 0 Å². The van der Waals surface area contributed by atoms with Crippen molar-refractivity contribution in [2.45, 2.75) is 51.4 Å². The van der Waals surface area contributed by atoms with E-state index in [2.05, 4.69) is 20.8 Å². The van der Waals surface area contributed by atoms with Gasteiger partial charge in [0.15, 0.2) is 0 Å². The molecule has 0 aromatic carbocycles. The zero-order valence-electron chi connectivity index (χ0n) is 11.0. The standard InChI is InChI=1S/C12H22O4Si/c1-5-17(6-2,7-3)9(4)10(12(15)16)8-11(13)14/h8-9H,5-7H2,1-4H3,(H,13,14)(H,15,16). The van der Waals surface area contributed by atoms with Crippen LogP contribution in [0.25, 0.3) is 0 Å². The third-order valence-electron chi connectivity index (χ3n) is 4.02. The van der Waals surface area contributed by atoms with Crippen molar-refractivity contribution in [2.75, 3.05) is 0 Å². The highest BCUT2D eigenvalue weighted by Gasteiger charge is 2.37. The summed E-state index contributed by atoms with van der Waals surface area (Å²) in [5.41, 5.74) is -0.0779. The Bertz CT molecular complexity index is 310. The summed E-state index contributed by atoms with van der Waals surface area (Å²) < 4.78 is 0. The van der Waals surface area contributed by atoms with Crippen molar-refractivity contribution in [3.8, 4) is 0 Å². The fourth-order valence-electron chi connectivity index (χ4n) is 2.50. The van der Waals surface area contributed by atoms with Crippen LogP contribution in [-0.4, -0.2) is 30.2 Å². The molecule has 0 bridgehead atoms. The van der Waals surface area contributed by atoms with E-state index < -0.39 is 20.0 Å². The minimum atomic E-state index is -1.73. The molecule has 0 spiro atoms. The van der Waals surface area contributed by atoms with Crippen LogP contribution in [0.3, 0.4) is 0 Å². The molecule has 0 aliphatic rings. The molecule has 0 fully saturated rings. The molecule has 0 aliphatic heterocycles. The van der Waals surface area contributed by atoms with Crippen LogP contribution in [0.2, 0.25) is 23.7 Å². The second kappa shape index (κ2) is 6.59. The molecule has 0 amide bonds. The smallest absolute Gasteiger partial charge is 0.331 e. The van der Waals surface area contributed by atoms with Gasteiger partial charge in [0.1, 0.15) is 0 Å². The molecule has 0 saturated heterocycles. The van der Waals surface area contributed by atoms with Crippen molar-refractivity contribution < 1.29 is 19.8 Å². The maximum Gasteiger partial charge on any atom is 0.331 e. The normalized spacial score (nSPS) is 14.5. The van der Waals surface area contributed by atoms with Gasteiger partial charge in [0.25, 0.3) is 0 Å². The summed E-state index contributed by atoms with van der Waals surface area (Å²) in [7, 11) is -1.73. The highest BCUT2D eigenvalue weighted by atomic mass is 28.3. The minimum Gasteiger partial charge on any atom is -0.478 e. The molecule has 0 saturated carbocycles. The highest BCUT2D eigenvalue weighted by Crippen LogP contribution is 2.38. The molecule has 0 aromatic heterocycles. The average molecular weight is 258 g/mol. The maximum atomic E-state index is 11.2. The van der Waals surface area contributed by atoms with Crippen molar-refractivity contribution in [2.24, 2.45) is 0 Å². The van der Waals surface area contributed by atoms with Gasteiger partial charge < -0.3 is 10.2 Å². The summed E-state index contributed by atoms with van der Waals surface area (Å²) in [5, 5.41) is 17.9. The van der Waals surface area contributed by atoms with Crippen LogP contribution in [0.5, 0.6) is 0 Å². The van der Waals surface area contributed by atoms with Gasteiger partial charge in [-0.05, 0) is 5.54 Å². The third-order valence-corrected chi connectivity index (χ3v) is 10.4. The number of hydrogen-bond acceptors (Lipinski definition) is 2. The molecule has 0 rings (SSSR count). The van der Waals surface area contributed by atoms with E-state index in [-0.39, 0.29) is 11.1 Å². The molecule has 0 heterocycles. The van der Waals surface area contributed by atoms with Crippen LogP contribution in [0.15, 0.2) is 11.6 Å². The molecule has 0 aliphatic carbocycles. The number of carboxylic acids is 2. The lowest BCUT2D eigenvalue weighted by atomic mass is 10.2. The number of carbonyl (C=O) groups is 2. The summed E-state index contributed by atoms with van der Waals surface area (Å²) in [6.45, 7) is 8.10. The molecule has 0 aromatic rings. The zero-order chi connectivity index (χ0) is 13.6. The Morgan fingerprint density at radius 3 is 1.76 bits per heavy atom. The van der Waals surface area contributed by atoms with Crippen LogP contribution in [0.1, 0.15) is 27.7 Å². The largest absolute Gasteiger partial charge is 0.478 e. The van der Waals surface area contributed by atoms with E-state index in [1.807, 2.05) is 6.92 Å². The van der Waals surface area contributed by atoms with Gasteiger partial charge >= 0.3 is 11.9 Å². The average Bonchev–Trinajstić information content (AvgIpc) is 2.28. The Morgan fingerprint density at radius 1 is 1.12 bits per heavy atom. The van der Waals surface area contributed by atoms with E-state index in [1.54, 1.807) is 0 Å². The van der Waals surface area contributed by atoms with Crippen molar-refractivity contribution >= 4 is 20.0 Å². The van der Waals surface area contributed by atoms with Crippen molar-refractivity contribution in [1.82, 2.24) is 0 Å². The molecule has 2 N–H and O–H groups in total. The fraction of sp³-hybridized carbons (Fsp3) is 0.667. The summed E-state index contributed by atoms with van der Waals surface area (Å²) in [4.78, 5) is 21.8. The number of hydrogen-bond donors (Lipinski definition) is 2. The molecule has 0 radical (unpaired) electrons. The molecular formula is C12H22O4Si. The predicted molar refractivity (Wildman–Crippen MR) is 70.0 cm³/mol. The van der Waals surface area contributed by atoms with Crippen LogP contribution < -0.4 is 0 Å². The molecule has 1 atom stereocenters. The SMILES string of the molecule is CC[Si](CC)(CC)C(C)C(=CC(=O)O)C(=O)O. The van der Waals surface area contributed by atoms with Crippen molar-refractivity contribution in [3.63, 3.8) is 0 Å². The van der Waals surface area contributed by atoms with Gasteiger partial charge in [-0.1, -0.05) is 45.8 Å². The van der Waals surface area contributed by atoms with Gasteiger partial charge in [0, 0.05) is 11.6 Å². The van der Waals surface area contributed by atoms with Gasteiger partial charge in [-0.25, -0.2) is 9.59 Å². The fourth-order valence-corrected chi connectivity index (χ4v) is 6.71. The Hall–Kier alpha value is -1.10. The van der Waals surface area contributed by atoms with Crippen molar-refractivity contribution in [3.05, 3.63) is 11.6 Å². The predicted octanol–water partition coefficient (Wildman–Crippen LogP) is 2.98. The van der Waals surface area contributed by atoms with Gasteiger partial charge in [-0.15, -0.1) is 0 Å². The number of aliphatic carboxylic acids is 2. The van der Waals surface area contributed by atoms with Gasteiger partial charge in [0.05, 0.1) is 8.07 Å². The van der Waals surface area contributed by atoms with E-state index in [1.165, 1.54) is 0 Å². The summed E-state index contributed by atoms with van der Waals surface area (Å²) in [6, 6.07) is 2.93. The van der Waals surface area contributed by atoms with E-state index in [0.717, 1.165) is 24.2 Å². The maximum absolute atomic E-state index is 11.2. The molecule has 98 valence electrons. The van der Waals surface area contributed by atoms with E-state index >= 15 is 0 Å². The Morgan fingerprint density at radius 2 is 1.53 bits per heavy atom. The van der Waals surface area contributed by atoms with E-state index in [9.17, 15) is 9.59 Å². The molecule has 5 heteroatoms. The quantitative estimate of drug-likeness (QED) is 0.544. The van der Waals surface area contributed by atoms with Gasteiger partial charge in [-0.2, -0.15) is 0 Å². The van der Waals surface area contributed by atoms with Crippen LogP contribution in [0, 0.1) is 0 Å². The lowest BCUT2D eigenvalue weighted by Gasteiger charge is -2.35. The Labute approximate surface area is 103 Å². The summed E-state index contributed by atoms with van der Waals surface area (Å²) in [5.74, 6) is -2.28. The lowest BCUT2D eigenvalue weighted by Crippen LogP contribution is -2.38. The second-order valence-electron chi connectivity index (χ2n) is 4.39. The van der Waals surface area contributed by atoms with E-state index in [4.69, 9.17) is 10.2 Å². The number of rotatable bonds is 7. The second-order valence-corrected chi connectivity index (χ2v) is 10.1. The molecule has 4 nitrogen and oxygen atoms in total. The van der Waals surface area contributed by atoms with Crippen LogP contribution in [-0.2, 0) is 9.59 Å². The van der Waals surface area contributed by atoms with Gasteiger partial charge in [0.2, 0.25) is 0 Å². The highest BCUT2D eigenvalue weighted by molar-refractivity contribution is 6.82. The van der Waals surface area contributed by atoms with Crippen molar-refractivity contribution in [1.29, 1.82) is 0 Å². The monoisotopic (exact) mass is 258 g/mol. The summed E-state index contributed by atoms with van der Waals surface area (Å²) >= 11 is 0. The topological polar surface area (TPSA) is 74.6 Å². The number of carboxylic acid groups (broad SMARTS) is 2. The third kappa shape index (κ3) is 3.69. The first-order chi connectivity index (χ1) is 7.84. The molecule has 1 unspecified atom stereocenters. The Kier molecular flexibility index (Phi) is 6.16. The minimum absolute atomic E-state index is 0.0507.